The molecule has 1 aromatic rings. The molecule has 1 unspecified atom stereocenters. The molecule has 0 aliphatic carbocycles. The van der Waals surface area contributed by atoms with Gasteiger partial charge in [0, 0.05) is 18.7 Å². The average molecular weight is 272 g/mol. The zero-order chi connectivity index (χ0) is 13.9. The number of aryl methyl sites for hydroxylation is 2. The summed E-state index contributed by atoms with van der Waals surface area (Å²) in [6.07, 6.45) is 3.31. The van der Waals surface area contributed by atoms with Crippen LogP contribution in [0.25, 0.3) is 0 Å². The Balaban J connectivity index is 2.68. The molecule has 0 bridgehead atoms. The molecule has 1 heterocycles. The minimum absolute atomic E-state index is 0.378. The summed E-state index contributed by atoms with van der Waals surface area (Å²) in [6, 6.07) is 0.463. The van der Waals surface area contributed by atoms with E-state index in [0.717, 1.165) is 23.7 Å². The number of hydrogen-bond acceptors (Lipinski definition) is 2. The van der Waals surface area contributed by atoms with Gasteiger partial charge in [-0.25, -0.2) is 0 Å². The van der Waals surface area contributed by atoms with E-state index in [4.69, 9.17) is 11.6 Å². The van der Waals surface area contributed by atoms with E-state index >= 15 is 0 Å². The molecule has 0 aromatic carbocycles. The van der Waals surface area contributed by atoms with Crippen molar-refractivity contribution < 1.29 is 0 Å². The number of hydrogen-bond donors (Lipinski definition) is 1. The van der Waals surface area contributed by atoms with Crippen molar-refractivity contribution in [1.29, 1.82) is 0 Å². The van der Waals surface area contributed by atoms with Gasteiger partial charge in [0.2, 0.25) is 0 Å². The average Bonchev–Trinajstić information content (AvgIpc) is 2.48. The second kappa shape index (κ2) is 6.07. The summed E-state index contributed by atoms with van der Waals surface area (Å²) in [5.41, 5.74) is 2.59. The highest BCUT2D eigenvalue weighted by atomic mass is 35.5. The zero-order valence-electron chi connectivity index (χ0n) is 12.5. The maximum atomic E-state index is 6.28. The Kier molecular flexibility index (Phi) is 5.23. The van der Waals surface area contributed by atoms with Gasteiger partial charge in [0.25, 0.3) is 0 Å². The van der Waals surface area contributed by atoms with Crippen molar-refractivity contribution in [2.75, 3.05) is 7.05 Å². The number of halogens is 1. The Bertz CT molecular complexity index is 390. The third-order valence-corrected chi connectivity index (χ3v) is 3.84. The SMILES string of the molecule is CNC(CCC(C)(C)C)Cc1c(C)nn(C)c1Cl. The maximum Gasteiger partial charge on any atom is 0.130 e. The molecule has 4 heteroatoms. The van der Waals surface area contributed by atoms with E-state index in [1.165, 1.54) is 12.0 Å². The molecule has 0 saturated heterocycles. The topological polar surface area (TPSA) is 29.9 Å². The van der Waals surface area contributed by atoms with Crippen LogP contribution in [0.1, 0.15) is 44.9 Å². The van der Waals surface area contributed by atoms with Crippen molar-refractivity contribution in [3.05, 3.63) is 16.4 Å². The summed E-state index contributed by atoms with van der Waals surface area (Å²) in [7, 11) is 3.91. The fraction of sp³-hybridized carbons (Fsp3) is 0.786. The van der Waals surface area contributed by atoms with Crippen LogP contribution in [0.2, 0.25) is 5.15 Å². The van der Waals surface area contributed by atoms with Gasteiger partial charge in [-0.05, 0) is 38.6 Å². The maximum absolute atomic E-state index is 6.28. The second-order valence-electron chi connectivity index (χ2n) is 6.27. The first-order chi connectivity index (χ1) is 8.24. The Morgan fingerprint density at radius 1 is 1.39 bits per heavy atom. The third kappa shape index (κ3) is 4.29. The summed E-state index contributed by atoms with van der Waals surface area (Å²) in [5.74, 6) is 0. The summed E-state index contributed by atoms with van der Waals surface area (Å²) in [6.45, 7) is 8.86. The first-order valence-electron chi connectivity index (χ1n) is 6.60. The van der Waals surface area contributed by atoms with Crippen LogP contribution in [0, 0.1) is 12.3 Å². The van der Waals surface area contributed by atoms with Crippen LogP contribution in [0.5, 0.6) is 0 Å². The number of rotatable bonds is 5. The molecule has 1 N–H and O–H groups in total. The minimum atomic E-state index is 0.378. The number of nitrogens with one attached hydrogen (secondary N) is 1. The largest absolute Gasteiger partial charge is 0.317 e. The van der Waals surface area contributed by atoms with E-state index in [1.54, 1.807) is 4.68 Å². The molecule has 1 rings (SSSR count). The normalized spacial score (nSPS) is 13.9. The highest BCUT2D eigenvalue weighted by Crippen LogP contribution is 2.25. The van der Waals surface area contributed by atoms with Gasteiger partial charge < -0.3 is 5.32 Å². The molecular formula is C14H26ClN3. The van der Waals surface area contributed by atoms with Gasteiger partial charge in [-0.2, -0.15) is 5.10 Å². The number of likely N-dealkylation sites (N-methyl/N-ethyl adjacent to an activating group) is 1. The van der Waals surface area contributed by atoms with E-state index in [1.807, 2.05) is 21.0 Å². The van der Waals surface area contributed by atoms with Gasteiger partial charge in [0.1, 0.15) is 5.15 Å². The van der Waals surface area contributed by atoms with Gasteiger partial charge in [-0.15, -0.1) is 0 Å². The highest BCUT2D eigenvalue weighted by molar-refractivity contribution is 6.30. The van der Waals surface area contributed by atoms with E-state index < -0.39 is 0 Å². The molecule has 1 atom stereocenters. The number of nitrogens with zero attached hydrogens (tertiary/aromatic N) is 2. The molecule has 0 fully saturated rings. The molecule has 104 valence electrons. The van der Waals surface area contributed by atoms with E-state index in [-0.39, 0.29) is 0 Å². The van der Waals surface area contributed by atoms with Crippen molar-refractivity contribution >= 4 is 11.6 Å². The van der Waals surface area contributed by atoms with E-state index in [0.29, 0.717) is 11.5 Å². The standard InChI is InChI=1S/C14H26ClN3/c1-10-12(13(15)18(6)17-10)9-11(16-5)7-8-14(2,3)4/h11,16H,7-9H2,1-6H3. The molecule has 0 radical (unpaired) electrons. The Morgan fingerprint density at radius 3 is 2.39 bits per heavy atom. The predicted molar refractivity (Wildman–Crippen MR) is 78.2 cm³/mol. The predicted octanol–water partition coefficient (Wildman–Crippen LogP) is 3.34. The second-order valence-corrected chi connectivity index (χ2v) is 6.63. The molecule has 3 nitrogen and oxygen atoms in total. The Labute approximate surface area is 116 Å². The summed E-state index contributed by atoms with van der Waals surface area (Å²) in [5, 5.41) is 8.52. The van der Waals surface area contributed by atoms with Gasteiger partial charge in [-0.3, -0.25) is 4.68 Å². The van der Waals surface area contributed by atoms with Gasteiger partial charge in [-0.1, -0.05) is 32.4 Å². The first kappa shape index (κ1) is 15.5. The lowest BCUT2D eigenvalue weighted by atomic mass is 9.87. The fourth-order valence-electron chi connectivity index (χ4n) is 2.11. The molecule has 0 aliphatic rings. The van der Waals surface area contributed by atoms with Crippen LogP contribution in [0.4, 0.5) is 0 Å². The molecule has 0 saturated carbocycles. The summed E-state index contributed by atoms with van der Waals surface area (Å²) < 4.78 is 1.75. The van der Waals surface area contributed by atoms with Gasteiger partial charge in [0.15, 0.2) is 0 Å². The molecule has 0 amide bonds. The van der Waals surface area contributed by atoms with Gasteiger partial charge in [0.05, 0.1) is 5.69 Å². The molecule has 0 spiro atoms. The minimum Gasteiger partial charge on any atom is -0.317 e. The van der Waals surface area contributed by atoms with Crippen LogP contribution >= 0.6 is 11.6 Å². The zero-order valence-corrected chi connectivity index (χ0v) is 13.2. The van der Waals surface area contributed by atoms with Crippen LogP contribution < -0.4 is 5.32 Å². The summed E-state index contributed by atoms with van der Waals surface area (Å²) >= 11 is 6.28. The molecule has 1 aromatic heterocycles. The monoisotopic (exact) mass is 271 g/mol. The van der Waals surface area contributed by atoms with E-state index in [9.17, 15) is 0 Å². The third-order valence-electron chi connectivity index (χ3n) is 3.37. The lowest BCUT2D eigenvalue weighted by Crippen LogP contribution is -2.29. The van der Waals surface area contributed by atoms with Crippen molar-refractivity contribution in [3.63, 3.8) is 0 Å². The van der Waals surface area contributed by atoms with Crippen LogP contribution in [-0.4, -0.2) is 22.9 Å². The van der Waals surface area contributed by atoms with Crippen molar-refractivity contribution in [1.82, 2.24) is 15.1 Å². The molecular weight excluding hydrogens is 246 g/mol. The van der Waals surface area contributed by atoms with Crippen molar-refractivity contribution in [2.45, 2.75) is 53.0 Å². The quantitative estimate of drug-likeness (QED) is 0.890. The Morgan fingerprint density at radius 2 is 2.00 bits per heavy atom. The van der Waals surface area contributed by atoms with Crippen molar-refractivity contribution in [2.24, 2.45) is 12.5 Å². The van der Waals surface area contributed by atoms with Crippen LogP contribution in [0.3, 0.4) is 0 Å². The van der Waals surface area contributed by atoms with Crippen LogP contribution in [0.15, 0.2) is 0 Å². The smallest absolute Gasteiger partial charge is 0.130 e. The lowest BCUT2D eigenvalue weighted by molar-refractivity contribution is 0.334. The van der Waals surface area contributed by atoms with Crippen molar-refractivity contribution in [3.8, 4) is 0 Å². The van der Waals surface area contributed by atoms with Gasteiger partial charge >= 0.3 is 0 Å². The van der Waals surface area contributed by atoms with E-state index in [2.05, 4.69) is 31.2 Å². The fourth-order valence-corrected chi connectivity index (χ4v) is 2.36. The first-order valence-corrected chi connectivity index (χ1v) is 6.97. The van der Waals surface area contributed by atoms with Crippen LogP contribution in [-0.2, 0) is 13.5 Å². The summed E-state index contributed by atoms with van der Waals surface area (Å²) in [4.78, 5) is 0. The Hall–Kier alpha value is -0.540. The molecule has 18 heavy (non-hydrogen) atoms. The number of aromatic nitrogens is 2. The lowest BCUT2D eigenvalue weighted by Gasteiger charge is -2.23. The highest BCUT2D eigenvalue weighted by Gasteiger charge is 2.18. The molecule has 0 aliphatic heterocycles.